The number of amides is 2. The van der Waals surface area contributed by atoms with Crippen LogP contribution in [0.4, 0.5) is 10.5 Å². The van der Waals surface area contributed by atoms with Crippen LogP contribution in [0.3, 0.4) is 0 Å². The lowest BCUT2D eigenvalue weighted by Gasteiger charge is -2.13. The molecule has 0 atom stereocenters. The van der Waals surface area contributed by atoms with Crippen LogP contribution in [0.15, 0.2) is 71.8 Å². The number of sulfonamides is 1. The van der Waals surface area contributed by atoms with Gasteiger partial charge in [-0.1, -0.05) is 24.3 Å². The molecule has 1 aliphatic rings. The smallest absolute Gasteiger partial charge is 0.411 e. The number of anilines is 1. The van der Waals surface area contributed by atoms with Crippen LogP contribution in [-0.4, -0.2) is 38.1 Å². The Hall–Kier alpha value is -4.31. The Bertz CT molecular complexity index is 2050. The SMILES string of the molecule is [2H]C([2H])([2H])Oc1cc(C(=O)NS(=O)(=O)c2ccccc2C)ccc1Cc1cn(C)c2ccc(NC(=O)OC3([2H])C([2H])([2H])CCC3([2H])[2H])cc12. The number of nitrogens with one attached hydrogen (secondary N) is 2. The minimum absolute atomic E-state index is 0.0797. The molecular formula is C31H33N3O6S. The molecule has 1 saturated carbocycles. The average molecular weight is 584 g/mol. The van der Waals surface area contributed by atoms with Crippen molar-refractivity contribution in [1.82, 2.24) is 9.29 Å². The number of nitrogens with zero attached hydrogens (tertiary/aromatic N) is 1. The van der Waals surface area contributed by atoms with Crippen molar-refractivity contribution in [3.63, 3.8) is 0 Å². The van der Waals surface area contributed by atoms with E-state index in [9.17, 15) is 18.0 Å². The van der Waals surface area contributed by atoms with E-state index in [4.69, 9.17) is 20.4 Å². The maximum atomic E-state index is 13.0. The first-order valence-electron chi connectivity index (χ1n) is 16.7. The van der Waals surface area contributed by atoms with E-state index in [1.54, 1.807) is 55.1 Å². The van der Waals surface area contributed by atoms with E-state index in [1.165, 1.54) is 24.3 Å². The van der Waals surface area contributed by atoms with E-state index in [0.717, 1.165) is 6.07 Å². The third-order valence-corrected chi connectivity index (χ3v) is 8.13. The number of hydrogen-bond acceptors (Lipinski definition) is 6. The molecule has 0 aliphatic heterocycles. The van der Waals surface area contributed by atoms with Crippen LogP contribution in [0.5, 0.6) is 5.75 Å². The number of methoxy groups -OCH3 is 1. The van der Waals surface area contributed by atoms with Gasteiger partial charge in [-0.15, -0.1) is 0 Å². The highest BCUT2D eigenvalue weighted by Gasteiger charge is 2.22. The van der Waals surface area contributed by atoms with Gasteiger partial charge in [0.15, 0.2) is 0 Å². The van der Waals surface area contributed by atoms with Crippen molar-refractivity contribution in [2.75, 3.05) is 12.4 Å². The number of rotatable bonds is 8. The van der Waals surface area contributed by atoms with Crippen LogP contribution >= 0.6 is 0 Å². The molecule has 0 radical (unpaired) electrons. The molecule has 0 bridgehead atoms. The molecular weight excluding hydrogens is 542 g/mol. The summed E-state index contributed by atoms with van der Waals surface area (Å²) >= 11 is 0. The molecule has 0 unspecified atom stereocenters. The van der Waals surface area contributed by atoms with Gasteiger partial charge in [-0.2, -0.15) is 0 Å². The lowest BCUT2D eigenvalue weighted by atomic mass is 10.0. The number of ether oxygens (including phenoxy) is 2. The Morgan fingerprint density at radius 1 is 1.10 bits per heavy atom. The van der Waals surface area contributed by atoms with Crippen LogP contribution in [0.25, 0.3) is 10.9 Å². The monoisotopic (exact) mass is 583 g/mol. The Morgan fingerprint density at radius 2 is 1.88 bits per heavy atom. The number of benzene rings is 3. The Balaban J connectivity index is 1.42. The van der Waals surface area contributed by atoms with Crippen molar-refractivity contribution in [3.8, 4) is 5.75 Å². The predicted octanol–water partition coefficient (Wildman–Crippen LogP) is 5.70. The maximum absolute atomic E-state index is 13.0. The van der Waals surface area contributed by atoms with Crippen LogP contribution in [0, 0.1) is 6.92 Å². The second kappa shape index (κ2) is 11.7. The quantitative estimate of drug-likeness (QED) is 0.275. The van der Waals surface area contributed by atoms with Gasteiger partial charge in [0, 0.05) is 47.3 Å². The van der Waals surface area contributed by atoms with Crippen molar-refractivity contribution < 1.29 is 38.4 Å². The van der Waals surface area contributed by atoms with Crippen LogP contribution in [0.1, 0.15) is 63.6 Å². The first-order chi connectivity index (χ1) is 22.6. The molecule has 5 rings (SSSR count). The number of carbonyl (C=O) groups excluding carboxylic acids is 2. The highest BCUT2D eigenvalue weighted by molar-refractivity contribution is 7.90. The van der Waals surface area contributed by atoms with E-state index in [1.807, 2.05) is 4.72 Å². The van der Waals surface area contributed by atoms with Gasteiger partial charge in [-0.05, 0) is 85.6 Å². The molecule has 4 aromatic rings. The van der Waals surface area contributed by atoms with Gasteiger partial charge in [0.2, 0.25) is 0 Å². The Kier molecular flexibility index (Phi) is 5.61. The van der Waals surface area contributed by atoms with E-state index >= 15 is 0 Å². The van der Waals surface area contributed by atoms with Crippen molar-refractivity contribution in [1.29, 1.82) is 0 Å². The van der Waals surface area contributed by atoms with Gasteiger partial charge >= 0.3 is 6.09 Å². The van der Waals surface area contributed by atoms with Gasteiger partial charge in [0.25, 0.3) is 15.9 Å². The van der Waals surface area contributed by atoms with E-state index < -0.39 is 47.9 Å². The fourth-order valence-electron chi connectivity index (χ4n) is 4.65. The predicted molar refractivity (Wildman–Crippen MR) is 157 cm³/mol. The Morgan fingerprint density at radius 3 is 2.63 bits per heavy atom. The first-order valence-corrected chi connectivity index (χ1v) is 14.1. The van der Waals surface area contributed by atoms with E-state index in [2.05, 4.69) is 5.32 Å². The minimum Gasteiger partial charge on any atom is -0.496 e. The first kappa shape index (κ1) is 19.7. The number of aromatic nitrogens is 1. The van der Waals surface area contributed by atoms with Gasteiger partial charge in [0.05, 0.1) is 17.4 Å². The van der Waals surface area contributed by atoms with Crippen molar-refractivity contribution in [2.45, 2.75) is 49.9 Å². The summed E-state index contributed by atoms with van der Waals surface area (Å²) in [4.78, 5) is 25.7. The molecule has 9 nitrogen and oxygen atoms in total. The van der Waals surface area contributed by atoms with Crippen LogP contribution < -0.4 is 14.8 Å². The zero-order chi connectivity index (χ0) is 36.2. The molecule has 1 aromatic heterocycles. The van der Waals surface area contributed by atoms with E-state index in [0.29, 0.717) is 27.6 Å². The number of aryl methyl sites for hydroxylation is 2. The number of hydrogen-bond donors (Lipinski definition) is 2. The lowest BCUT2D eigenvalue weighted by Crippen LogP contribution is -2.31. The highest BCUT2D eigenvalue weighted by atomic mass is 32.2. The third-order valence-electron chi connectivity index (χ3n) is 6.64. The van der Waals surface area contributed by atoms with Crippen LogP contribution in [-0.2, 0) is 28.2 Å². The fourth-order valence-corrected chi connectivity index (χ4v) is 5.87. The van der Waals surface area contributed by atoms with Crippen molar-refractivity contribution in [3.05, 3.63) is 89.1 Å². The summed E-state index contributed by atoms with van der Waals surface area (Å²) in [7, 11) is -5.38. The summed E-state index contributed by atoms with van der Waals surface area (Å²) in [6, 6.07) is 14.9. The van der Waals surface area contributed by atoms with E-state index in [-0.39, 0.29) is 41.2 Å². The Labute approximate surface area is 250 Å². The van der Waals surface area contributed by atoms with Gasteiger partial charge in [-0.25, -0.2) is 17.9 Å². The van der Waals surface area contributed by atoms with Crippen molar-refractivity contribution in [2.24, 2.45) is 7.05 Å². The zero-order valence-corrected chi connectivity index (χ0v) is 23.1. The lowest BCUT2D eigenvalue weighted by molar-refractivity contribution is 0.0980. The van der Waals surface area contributed by atoms with Gasteiger partial charge in [-0.3, -0.25) is 10.1 Å². The minimum atomic E-state index is -4.24. The summed E-state index contributed by atoms with van der Waals surface area (Å²) in [5.41, 5.74) is 2.17. The summed E-state index contributed by atoms with van der Waals surface area (Å²) in [5, 5.41) is 3.05. The van der Waals surface area contributed by atoms with Gasteiger partial charge in [0.1, 0.15) is 11.8 Å². The largest absolute Gasteiger partial charge is 0.496 e. The fraction of sp³-hybridized carbons (Fsp3) is 0.290. The molecule has 2 N–H and O–H groups in total. The average Bonchev–Trinajstić information content (AvgIpc) is 3.37. The van der Waals surface area contributed by atoms with Crippen molar-refractivity contribution >= 4 is 38.6 Å². The molecule has 214 valence electrons. The number of fused-ring (bicyclic) bond motifs is 1. The summed E-state index contributed by atoms with van der Waals surface area (Å²) in [5.74, 6) is -1.18. The molecule has 1 heterocycles. The zero-order valence-electron chi connectivity index (χ0n) is 30.3. The molecule has 2 amide bonds. The molecule has 1 aliphatic carbocycles. The normalized spacial score (nSPS) is 20.1. The van der Waals surface area contributed by atoms with Gasteiger partial charge < -0.3 is 14.0 Å². The molecule has 0 spiro atoms. The molecule has 1 fully saturated rings. The summed E-state index contributed by atoms with van der Waals surface area (Å²) in [6.45, 7) is 1.58. The standard InChI is InChI=1S/C31H33N3O6S/c1-20-8-4-7-11-29(20)41(37,38)33-30(35)22-13-12-21(28(17-22)39-3)16-23-19-34(2)27-15-14-24(18-26(23)27)32-31(36)40-25-9-5-6-10-25/h4,7-8,11-15,17-19,25H,5-6,9-10,16H2,1-3H3,(H,32,36)(H,33,35)/i3D3,9D2,10D2,25D. The molecule has 41 heavy (non-hydrogen) atoms. The maximum Gasteiger partial charge on any atom is 0.411 e. The molecule has 10 heteroatoms. The highest BCUT2D eigenvalue weighted by Crippen LogP contribution is 2.30. The molecule has 0 saturated heterocycles. The van der Waals surface area contributed by atoms with Crippen LogP contribution in [0.2, 0.25) is 0 Å². The molecule has 3 aromatic carbocycles. The second-order valence-electron chi connectivity index (χ2n) is 9.50. The second-order valence-corrected chi connectivity index (χ2v) is 11.1. The summed E-state index contributed by atoms with van der Waals surface area (Å²) < 4.78 is 103. The third kappa shape index (κ3) is 6.22. The topological polar surface area (TPSA) is 116 Å². The summed E-state index contributed by atoms with van der Waals surface area (Å²) in [6.07, 6.45) is -7.54. The number of carbonyl (C=O) groups is 2.